The molecule has 0 aromatic heterocycles. The lowest BCUT2D eigenvalue weighted by atomic mass is 9.92. The van der Waals surface area contributed by atoms with Gasteiger partial charge in [-0.05, 0) is 31.7 Å². The first-order chi connectivity index (χ1) is 7.27. The molecule has 0 aromatic carbocycles. The smallest absolute Gasteiger partial charge is 0.0693 e. The van der Waals surface area contributed by atoms with Crippen molar-refractivity contribution in [2.24, 2.45) is 5.92 Å². The summed E-state index contributed by atoms with van der Waals surface area (Å²) in [6.45, 7) is 3.35. The minimum absolute atomic E-state index is 0.162. The van der Waals surface area contributed by atoms with Gasteiger partial charge in [-0.1, -0.05) is 26.2 Å². The molecule has 90 valence electrons. The van der Waals surface area contributed by atoms with Crippen LogP contribution in [0, 0.1) is 5.92 Å². The predicted molar refractivity (Wildman–Crippen MR) is 61.7 cm³/mol. The highest BCUT2D eigenvalue weighted by molar-refractivity contribution is 4.81. The van der Waals surface area contributed by atoms with Crippen molar-refractivity contribution in [3.05, 3.63) is 0 Å². The minimum atomic E-state index is -0.162. The van der Waals surface area contributed by atoms with Gasteiger partial charge in [-0.3, -0.25) is 0 Å². The topological polar surface area (TPSA) is 52.5 Å². The molecule has 0 aliphatic heterocycles. The van der Waals surface area contributed by atoms with Gasteiger partial charge in [0.15, 0.2) is 0 Å². The molecule has 0 spiro atoms. The second kappa shape index (κ2) is 7.20. The molecule has 1 fully saturated rings. The standard InChI is InChI=1S/C12H25NO2/c1-2-10(7-8-14)9-13-11-5-3-4-6-12(11)15/h10-15H,2-9H2,1H3/t10?,11-,12-/m0/s1. The molecule has 0 bridgehead atoms. The highest BCUT2D eigenvalue weighted by atomic mass is 16.3. The van der Waals surface area contributed by atoms with E-state index >= 15 is 0 Å². The molecule has 3 nitrogen and oxygen atoms in total. The number of aliphatic hydroxyl groups excluding tert-OH is 2. The van der Waals surface area contributed by atoms with Crippen molar-refractivity contribution in [3.63, 3.8) is 0 Å². The molecule has 3 heteroatoms. The summed E-state index contributed by atoms with van der Waals surface area (Å²) in [5.74, 6) is 0.545. The zero-order valence-electron chi connectivity index (χ0n) is 9.78. The Morgan fingerprint density at radius 2 is 2.07 bits per heavy atom. The SMILES string of the molecule is CCC(CCO)CN[C@H]1CCCC[C@@H]1O. The Bertz CT molecular complexity index is 164. The maximum atomic E-state index is 9.77. The summed E-state index contributed by atoms with van der Waals surface area (Å²) in [4.78, 5) is 0. The van der Waals surface area contributed by atoms with Gasteiger partial charge in [0, 0.05) is 12.6 Å². The predicted octanol–water partition coefficient (Wildman–Crippen LogP) is 1.29. The molecule has 1 rings (SSSR count). The van der Waals surface area contributed by atoms with E-state index in [-0.39, 0.29) is 18.8 Å². The van der Waals surface area contributed by atoms with Crippen LogP contribution >= 0.6 is 0 Å². The van der Waals surface area contributed by atoms with Crippen LogP contribution in [0.2, 0.25) is 0 Å². The van der Waals surface area contributed by atoms with Crippen molar-refractivity contribution in [2.45, 2.75) is 57.6 Å². The molecular weight excluding hydrogens is 190 g/mol. The minimum Gasteiger partial charge on any atom is -0.396 e. The molecule has 1 unspecified atom stereocenters. The Hall–Kier alpha value is -0.120. The zero-order chi connectivity index (χ0) is 11.1. The van der Waals surface area contributed by atoms with E-state index < -0.39 is 0 Å². The van der Waals surface area contributed by atoms with Crippen molar-refractivity contribution in [1.29, 1.82) is 0 Å². The van der Waals surface area contributed by atoms with E-state index in [9.17, 15) is 5.11 Å². The van der Waals surface area contributed by atoms with Crippen LogP contribution < -0.4 is 5.32 Å². The lowest BCUT2D eigenvalue weighted by Gasteiger charge is -2.30. The molecule has 3 N–H and O–H groups in total. The summed E-state index contributed by atoms with van der Waals surface area (Å²) in [5.41, 5.74) is 0. The first-order valence-corrected chi connectivity index (χ1v) is 6.30. The maximum Gasteiger partial charge on any atom is 0.0693 e. The second-order valence-electron chi connectivity index (χ2n) is 4.65. The van der Waals surface area contributed by atoms with E-state index in [0.717, 1.165) is 38.6 Å². The van der Waals surface area contributed by atoms with Crippen LogP contribution in [0.15, 0.2) is 0 Å². The van der Waals surface area contributed by atoms with Gasteiger partial charge in [0.2, 0.25) is 0 Å². The van der Waals surface area contributed by atoms with E-state index in [4.69, 9.17) is 5.11 Å². The zero-order valence-corrected chi connectivity index (χ0v) is 9.78. The summed E-state index contributed by atoms with van der Waals surface area (Å²) < 4.78 is 0. The quantitative estimate of drug-likeness (QED) is 0.626. The van der Waals surface area contributed by atoms with E-state index in [1.807, 2.05) is 0 Å². The average Bonchev–Trinajstić information content (AvgIpc) is 2.26. The van der Waals surface area contributed by atoms with Crippen LogP contribution in [0.5, 0.6) is 0 Å². The van der Waals surface area contributed by atoms with Crippen LogP contribution in [0.1, 0.15) is 45.4 Å². The van der Waals surface area contributed by atoms with E-state index in [0.29, 0.717) is 5.92 Å². The summed E-state index contributed by atoms with van der Waals surface area (Å²) in [6, 6.07) is 0.284. The van der Waals surface area contributed by atoms with Gasteiger partial charge in [0.05, 0.1) is 6.10 Å². The van der Waals surface area contributed by atoms with Gasteiger partial charge >= 0.3 is 0 Å². The molecule has 0 amide bonds. The van der Waals surface area contributed by atoms with Crippen LogP contribution in [-0.4, -0.2) is 35.5 Å². The third-order valence-electron chi connectivity index (χ3n) is 3.51. The lowest BCUT2D eigenvalue weighted by Crippen LogP contribution is -2.44. The molecule has 0 aromatic rings. The molecule has 1 saturated carbocycles. The molecular formula is C12H25NO2. The van der Waals surface area contributed by atoms with Crippen LogP contribution in [-0.2, 0) is 0 Å². The highest BCUT2D eigenvalue weighted by Gasteiger charge is 2.22. The number of rotatable bonds is 6. The highest BCUT2D eigenvalue weighted by Crippen LogP contribution is 2.19. The Balaban J connectivity index is 2.21. The van der Waals surface area contributed by atoms with Crippen LogP contribution in [0.25, 0.3) is 0 Å². The number of aliphatic hydroxyl groups is 2. The maximum absolute atomic E-state index is 9.77. The molecule has 3 atom stereocenters. The largest absolute Gasteiger partial charge is 0.396 e. The van der Waals surface area contributed by atoms with Gasteiger partial charge in [0.25, 0.3) is 0 Å². The van der Waals surface area contributed by atoms with Crippen molar-refractivity contribution in [2.75, 3.05) is 13.2 Å². The van der Waals surface area contributed by atoms with E-state index in [1.165, 1.54) is 6.42 Å². The third kappa shape index (κ3) is 4.49. The van der Waals surface area contributed by atoms with E-state index in [1.54, 1.807) is 0 Å². The Kier molecular flexibility index (Phi) is 6.22. The Morgan fingerprint density at radius 3 is 2.67 bits per heavy atom. The van der Waals surface area contributed by atoms with Crippen molar-refractivity contribution in [3.8, 4) is 0 Å². The molecule has 1 aliphatic carbocycles. The number of nitrogens with one attached hydrogen (secondary N) is 1. The van der Waals surface area contributed by atoms with Gasteiger partial charge in [-0.25, -0.2) is 0 Å². The summed E-state index contributed by atoms with van der Waals surface area (Å²) in [5, 5.41) is 22.1. The van der Waals surface area contributed by atoms with Gasteiger partial charge < -0.3 is 15.5 Å². The normalized spacial score (nSPS) is 29.0. The fourth-order valence-electron chi connectivity index (χ4n) is 2.30. The fraction of sp³-hybridized carbons (Fsp3) is 1.00. The lowest BCUT2D eigenvalue weighted by molar-refractivity contribution is 0.0878. The average molecular weight is 215 g/mol. The first-order valence-electron chi connectivity index (χ1n) is 6.30. The van der Waals surface area contributed by atoms with Gasteiger partial charge in [-0.2, -0.15) is 0 Å². The van der Waals surface area contributed by atoms with Crippen molar-refractivity contribution < 1.29 is 10.2 Å². The molecule has 0 saturated heterocycles. The first kappa shape index (κ1) is 12.9. The van der Waals surface area contributed by atoms with Crippen molar-refractivity contribution >= 4 is 0 Å². The Labute approximate surface area is 92.9 Å². The second-order valence-corrected chi connectivity index (χ2v) is 4.65. The molecule has 0 radical (unpaired) electrons. The molecule has 1 aliphatic rings. The summed E-state index contributed by atoms with van der Waals surface area (Å²) >= 11 is 0. The van der Waals surface area contributed by atoms with Gasteiger partial charge in [0.1, 0.15) is 0 Å². The molecule has 0 heterocycles. The fourth-order valence-corrected chi connectivity index (χ4v) is 2.30. The third-order valence-corrected chi connectivity index (χ3v) is 3.51. The van der Waals surface area contributed by atoms with Gasteiger partial charge in [-0.15, -0.1) is 0 Å². The monoisotopic (exact) mass is 215 g/mol. The number of hydrogen-bond acceptors (Lipinski definition) is 3. The summed E-state index contributed by atoms with van der Waals surface area (Å²) in [7, 11) is 0. The molecule has 15 heavy (non-hydrogen) atoms. The Morgan fingerprint density at radius 1 is 1.33 bits per heavy atom. The van der Waals surface area contributed by atoms with Crippen molar-refractivity contribution in [1.82, 2.24) is 5.32 Å². The van der Waals surface area contributed by atoms with E-state index in [2.05, 4.69) is 12.2 Å². The van der Waals surface area contributed by atoms with Crippen LogP contribution in [0.4, 0.5) is 0 Å². The van der Waals surface area contributed by atoms with Crippen LogP contribution in [0.3, 0.4) is 0 Å². The number of hydrogen-bond donors (Lipinski definition) is 3. The summed E-state index contributed by atoms with van der Waals surface area (Å²) in [6.07, 6.45) is 6.22.